The van der Waals surface area contributed by atoms with E-state index in [1.54, 1.807) is 31.4 Å². The molecule has 0 saturated carbocycles. The second-order valence-electron chi connectivity index (χ2n) is 5.11. The number of benzene rings is 2. The van der Waals surface area contributed by atoms with Gasteiger partial charge in [0, 0.05) is 5.56 Å². The van der Waals surface area contributed by atoms with Crippen LogP contribution in [0.2, 0.25) is 0 Å². The van der Waals surface area contributed by atoms with Crippen LogP contribution in [0.4, 0.5) is 0 Å². The SMILES string of the molecule is COc1ccc([C@@H](C#N)C(=O)c2cc(OC)c(OC)c(OC)c2)cc1. The maximum atomic E-state index is 12.9. The molecule has 0 unspecified atom stereocenters. The highest BCUT2D eigenvalue weighted by atomic mass is 16.5. The highest BCUT2D eigenvalue weighted by molar-refractivity contribution is 6.03. The molecular weight excluding hydrogens is 322 g/mol. The van der Waals surface area contributed by atoms with Crippen LogP contribution in [0, 0.1) is 11.3 Å². The van der Waals surface area contributed by atoms with Crippen molar-refractivity contribution in [3.05, 3.63) is 47.5 Å². The molecule has 0 aromatic heterocycles. The van der Waals surface area contributed by atoms with Gasteiger partial charge in [0.15, 0.2) is 17.3 Å². The van der Waals surface area contributed by atoms with Gasteiger partial charge in [-0.3, -0.25) is 4.79 Å². The van der Waals surface area contributed by atoms with Gasteiger partial charge in [-0.05, 0) is 29.8 Å². The zero-order chi connectivity index (χ0) is 18.4. The molecule has 0 bridgehead atoms. The Morgan fingerprint density at radius 1 is 0.920 bits per heavy atom. The van der Waals surface area contributed by atoms with E-state index in [0.717, 1.165) is 0 Å². The molecule has 0 radical (unpaired) electrons. The van der Waals surface area contributed by atoms with Crippen molar-refractivity contribution in [3.63, 3.8) is 0 Å². The molecule has 0 spiro atoms. The Bertz CT molecular complexity index is 767. The van der Waals surface area contributed by atoms with Gasteiger partial charge >= 0.3 is 0 Å². The van der Waals surface area contributed by atoms with Crippen molar-refractivity contribution in [2.75, 3.05) is 28.4 Å². The number of nitrogens with zero attached hydrogens (tertiary/aromatic N) is 1. The molecule has 0 amide bonds. The molecule has 130 valence electrons. The molecular formula is C19H19NO5. The Balaban J connectivity index is 2.45. The molecule has 25 heavy (non-hydrogen) atoms. The van der Waals surface area contributed by atoms with Crippen LogP contribution in [0.25, 0.3) is 0 Å². The van der Waals surface area contributed by atoms with Crippen LogP contribution >= 0.6 is 0 Å². The minimum absolute atomic E-state index is 0.303. The van der Waals surface area contributed by atoms with Crippen molar-refractivity contribution in [1.82, 2.24) is 0 Å². The van der Waals surface area contributed by atoms with E-state index in [4.69, 9.17) is 18.9 Å². The summed E-state index contributed by atoms with van der Waals surface area (Å²) >= 11 is 0. The summed E-state index contributed by atoms with van der Waals surface area (Å²) in [6.07, 6.45) is 0. The average Bonchev–Trinajstić information content (AvgIpc) is 2.67. The van der Waals surface area contributed by atoms with E-state index in [1.165, 1.54) is 33.5 Å². The zero-order valence-electron chi connectivity index (χ0n) is 14.5. The van der Waals surface area contributed by atoms with Crippen LogP contribution in [-0.2, 0) is 0 Å². The number of ketones is 1. The summed E-state index contributed by atoms with van der Waals surface area (Å²) in [7, 11) is 5.97. The molecule has 2 rings (SSSR count). The van der Waals surface area contributed by atoms with Crippen LogP contribution in [0.1, 0.15) is 21.8 Å². The third kappa shape index (κ3) is 3.66. The Morgan fingerprint density at radius 2 is 1.48 bits per heavy atom. The topological polar surface area (TPSA) is 77.8 Å². The molecule has 0 aliphatic carbocycles. The van der Waals surface area contributed by atoms with Crippen LogP contribution in [0.3, 0.4) is 0 Å². The van der Waals surface area contributed by atoms with Gasteiger partial charge in [0.05, 0.1) is 34.5 Å². The van der Waals surface area contributed by atoms with E-state index in [1.807, 2.05) is 0 Å². The van der Waals surface area contributed by atoms with E-state index in [0.29, 0.717) is 34.1 Å². The number of carbonyl (C=O) groups excluding carboxylic acids is 1. The second kappa shape index (κ2) is 8.06. The third-order valence-corrected chi connectivity index (χ3v) is 3.79. The molecule has 0 saturated heterocycles. The molecule has 6 nitrogen and oxygen atoms in total. The van der Waals surface area contributed by atoms with Crippen molar-refractivity contribution >= 4 is 5.78 Å². The number of rotatable bonds is 7. The molecule has 2 aromatic carbocycles. The molecule has 1 atom stereocenters. The number of hydrogen-bond acceptors (Lipinski definition) is 6. The summed E-state index contributed by atoms with van der Waals surface area (Å²) < 4.78 is 20.9. The first-order chi connectivity index (χ1) is 12.1. The lowest BCUT2D eigenvalue weighted by molar-refractivity contribution is 0.0978. The molecule has 0 heterocycles. The molecule has 0 aliphatic rings. The number of hydrogen-bond donors (Lipinski definition) is 0. The van der Waals surface area contributed by atoms with Crippen molar-refractivity contribution < 1.29 is 23.7 Å². The number of methoxy groups -OCH3 is 4. The summed E-state index contributed by atoms with van der Waals surface area (Å²) in [6.45, 7) is 0. The Morgan fingerprint density at radius 3 is 1.88 bits per heavy atom. The van der Waals surface area contributed by atoms with Gasteiger partial charge in [0.2, 0.25) is 5.75 Å². The normalized spacial score (nSPS) is 11.2. The van der Waals surface area contributed by atoms with Crippen LogP contribution in [-0.4, -0.2) is 34.2 Å². The van der Waals surface area contributed by atoms with Crippen molar-refractivity contribution in [1.29, 1.82) is 5.26 Å². The second-order valence-corrected chi connectivity index (χ2v) is 5.11. The van der Waals surface area contributed by atoms with Gasteiger partial charge in [-0.1, -0.05) is 12.1 Å². The highest BCUT2D eigenvalue weighted by Gasteiger charge is 2.25. The van der Waals surface area contributed by atoms with Gasteiger partial charge in [0.25, 0.3) is 0 Å². The monoisotopic (exact) mass is 341 g/mol. The van der Waals surface area contributed by atoms with Crippen LogP contribution in [0.15, 0.2) is 36.4 Å². The first kappa shape index (κ1) is 18.1. The summed E-state index contributed by atoms with van der Waals surface area (Å²) in [4.78, 5) is 12.9. The Kier molecular flexibility index (Phi) is 5.85. The lowest BCUT2D eigenvalue weighted by atomic mass is 9.91. The number of carbonyl (C=O) groups is 1. The van der Waals surface area contributed by atoms with Crippen molar-refractivity contribution in [2.45, 2.75) is 5.92 Å². The lowest BCUT2D eigenvalue weighted by Crippen LogP contribution is -2.12. The van der Waals surface area contributed by atoms with Crippen molar-refractivity contribution in [2.24, 2.45) is 0 Å². The van der Waals surface area contributed by atoms with E-state index in [-0.39, 0.29) is 5.78 Å². The fourth-order valence-corrected chi connectivity index (χ4v) is 2.47. The predicted molar refractivity (Wildman–Crippen MR) is 91.8 cm³/mol. The molecule has 6 heteroatoms. The summed E-state index contributed by atoms with van der Waals surface area (Å²) in [6, 6.07) is 11.9. The molecule has 2 aromatic rings. The van der Waals surface area contributed by atoms with Crippen molar-refractivity contribution in [3.8, 4) is 29.1 Å². The van der Waals surface area contributed by atoms with E-state index in [9.17, 15) is 10.1 Å². The van der Waals surface area contributed by atoms with Gasteiger partial charge in [-0.2, -0.15) is 5.26 Å². The largest absolute Gasteiger partial charge is 0.497 e. The average molecular weight is 341 g/mol. The van der Waals surface area contributed by atoms with E-state index in [2.05, 4.69) is 6.07 Å². The van der Waals surface area contributed by atoms with Gasteiger partial charge in [-0.15, -0.1) is 0 Å². The number of Topliss-reactive ketones (excluding diaryl/α,β-unsaturated/α-hetero) is 1. The maximum Gasteiger partial charge on any atom is 0.203 e. The molecule has 0 fully saturated rings. The van der Waals surface area contributed by atoms with Gasteiger partial charge in [-0.25, -0.2) is 0 Å². The lowest BCUT2D eigenvalue weighted by Gasteiger charge is -2.15. The first-order valence-corrected chi connectivity index (χ1v) is 7.47. The third-order valence-electron chi connectivity index (χ3n) is 3.79. The van der Waals surface area contributed by atoms with E-state index >= 15 is 0 Å². The van der Waals surface area contributed by atoms with Crippen LogP contribution < -0.4 is 18.9 Å². The minimum atomic E-state index is -0.950. The number of nitriles is 1. The predicted octanol–water partition coefficient (Wildman–Crippen LogP) is 3.21. The number of ether oxygens (including phenoxy) is 4. The fourth-order valence-electron chi connectivity index (χ4n) is 2.47. The smallest absolute Gasteiger partial charge is 0.203 e. The molecule has 0 N–H and O–H groups in total. The van der Waals surface area contributed by atoms with Gasteiger partial charge < -0.3 is 18.9 Å². The molecule has 0 aliphatic heterocycles. The Hall–Kier alpha value is -3.20. The summed E-state index contributed by atoms with van der Waals surface area (Å²) in [5.74, 6) is 0.453. The summed E-state index contributed by atoms with van der Waals surface area (Å²) in [5, 5.41) is 9.50. The first-order valence-electron chi connectivity index (χ1n) is 7.47. The summed E-state index contributed by atoms with van der Waals surface area (Å²) in [5.41, 5.74) is 0.888. The minimum Gasteiger partial charge on any atom is -0.497 e. The fraction of sp³-hybridized carbons (Fsp3) is 0.263. The van der Waals surface area contributed by atoms with E-state index < -0.39 is 5.92 Å². The highest BCUT2D eigenvalue weighted by Crippen LogP contribution is 2.39. The zero-order valence-corrected chi connectivity index (χ0v) is 14.5. The van der Waals surface area contributed by atoms with Gasteiger partial charge in [0.1, 0.15) is 11.7 Å². The Labute approximate surface area is 146 Å². The standard InChI is InChI=1S/C19H19NO5/c1-22-14-7-5-12(6-8-14)15(11-20)18(21)13-9-16(23-2)19(25-4)17(10-13)24-3/h5-10,15H,1-4H3/t15-/m1/s1. The maximum absolute atomic E-state index is 12.9. The quantitative estimate of drug-likeness (QED) is 0.720. The van der Waals surface area contributed by atoms with Crippen LogP contribution in [0.5, 0.6) is 23.0 Å².